The van der Waals surface area contributed by atoms with E-state index in [2.05, 4.69) is 20.8 Å². The number of hydrogen-bond acceptors (Lipinski definition) is 6. The van der Waals surface area contributed by atoms with Crippen LogP contribution < -0.4 is 10.9 Å². The molecule has 162 valence electrons. The van der Waals surface area contributed by atoms with Gasteiger partial charge in [-0.05, 0) is 0 Å². The molecule has 30 heavy (non-hydrogen) atoms. The summed E-state index contributed by atoms with van der Waals surface area (Å²) in [4.78, 5) is 15.3. The standard InChI is InChI=1S/C21H25BrNO5PSe/c1-3-26-29(25,27-4-2)16-12-14-8-9-15-18(22)17(13-23-10-6-5-7-11-23)30-20(15)19(14)28-21(16)24/h8-9,12H,3-7,10-11,13H2,1-2H3. The van der Waals surface area contributed by atoms with Crippen molar-refractivity contribution in [2.45, 2.75) is 39.7 Å². The van der Waals surface area contributed by atoms with E-state index in [0.717, 1.165) is 39.1 Å². The fraction of sp³-hybridized carbons (Fsp3) is 0.476. The second-order valence-corrected chi connectivity index (χ2v) is 12.4. The summed E-state index contributed by atoms with van der Waals surface area (Å²) < 4.78 is 33.1. The van der Waals surface area contributed by atoms with Gasteiger partial charge in [-0.15, -0.1) is 0 Å². The van der Waals surface area contributed by atoms with E-state index in [-0.39, 0.29) is 33.0 Å². The summed E-state index contributed by atoms with van der Waals surface area (Å²) in [5, 5.41) is 1.79. The number of nitrogens with zero attached hydrogens (tertiary/aromatic N) is 1. The van der Waals surface area contributed by atoms with Crippen LogP contribution in [0.25, 0.3) is 20.6 Å². The Balaban J connectivity index is 1.80. The van der Waals surface area contributed by atoms with E-state index in [1.54, 1.807) is 19.9 Å². The molecular formula is C21H25BrNO5PSe. The number of piperidine rings is 1. The SMILES string of the molecule is CCOP(=O)(OCC)c1cc2ccc3c(Br)c(CN4CCCCC4)[se]c3c2oc1=O. The average Bonchev–Trinajstić information content (AvgIpc) is 3.04. The molecule has 0 amide bonds. The van der Waals surface area contributed by atoms with Crippen LogP contribution in [-0.2, 0) is 20.2 Å². The van der Waals surface area contributed by atoms with Crippen LogP contribution in [0.2, 0.25) is 0 Å². The topological polar surface area (TPSA) is 69.0 Å². The maximum atomic E-state index is 13.1. The Morgan fingerprint density at radius 3 is 2.53 bits per heavy atom. The zero-order valence-electron chi connectivity index (χ0n) is 17.1. The number of likely N-dealkylation sites (tertiary alicyclic amines) is 1. The Morgan fingerprint density at radius 2 is 1.87 bits per heavy atom. The van der Waals surface area contributed by atoms with Gasteiger partial charge in [0.05, 0.1) is 0 Å². The van der Waals surface area contributed by atoms with Gasteiger partial charge in [0.25, 0.3) is 0 Å². The number of benzene rings is 1. The predicted molar refractivity (Wildman–Crippen MR) is 124 cm³/mol. The van der Waals surface area contributed by atoms with Gasteiger partial charge >= 0.3 is 190 Å². The molecular weight excluding hydrogens is 536 g/mol. The molecule has 0 unspecified atom stereocenters. The first-order valence-electron chi connectivity index (χ1n) is 10.3. The normalized spacial score (nSPS) is 16.0. The van der Waals surface area contributed by atoms with Crippen LogP contribution >= 0.6 is 23.5 Å². The zero-order valence-corrected chi connectivity index (χ0v) is 21.3. The molecule has 1 aromatic carbocycles. The van der Waals surface area contributed by atoms with Gasteiger partial charge in [-0.3, -0.25) is 0 Å². The summed E-state index contributed by atoms with van der Waals surface area (Å²) in [6.07, 6.45) is 3.82. The average molecular weight is 561 g/mol. The molecule has 1 aliphatic heterocycles. The molecule has 0 saturated carbocycles. The number of rotatable bonds is 7. The van der Waals surface area contributed by atoms with E-state index in [9.17, 15) is 9.36 Å². The molecule has 2 aromatic heterocycles. The third kappa shape index (κ3) is 4.29. The first kappa shape index (κ1) is 22.5. The molecule has 0 radical (unpaired) electrons. The van der Waals surface area contributed by atoms with Gasteiger partial charge in [0.15, 0.2) is 0 Å². The second-order valence-electron chi connectivity index (χ2n) is 7.29. The molecule has 0 aliphatic carbocycles. The van der Waals surface area contributed by atoms with Crippen molar-refractivity contribution < 1.29 is 18.0 Å². The van der Waals surface area contributed by atoms with Crippen LogP contribution in [0, 0.1) is 0 Å². The van der Waals surface area contributed by atoms with Crippen molar-refractivity contribution in [3.63, 3.8) is 0 Å². The quantitative estimate of drug-likeness (QED) is 0.238. The zero-order chi connectivity index (χ0) is 21.3. The van der Waals surface area contributed by atoms with Crippen LogP contribution in [0.4, 0.5) is 0 Å². The monoisotopic (exact) mass is 561 g/mol. The predicted octanol–water partition coefficient (Wildman–Crippen LogP) is 4.64. The fourth-order valence-corrected chi connectivity index (χ4v) is 9.21. The van der Waals surface area contributed by atoms with Crippen molar-refractivity contribution >= 4 is 63.9 Å². The fourth-order valence-electron chi connectivity index (χ4n) is 3.87. The third-order valence-corrected chi connectivity index (χ3v) is 11.3. The summed E-state index contributed by atoms with van der Waals surface area (Å²) in [5.74, 6) is 0. The van der Waals surface area contributed by atoms with Crippen LogP contribution in [-0.4, -0.2) is 45.7 Å². The summed E-state index contributed by atoms with van der Waals surface area (Å²) in [5.41, 5.74) is -0.0797. The van der Waals surface area contributed by atoms with Gasteiger partial charge in [0.2, 0.25) is 0 Å². The summed E-state index contributed by atoms with van der Waals surface area (Å²) >= 11 is 3.85. The molecule has 9 heteroatoms. The summed E-state index contributed by atoms with van der Waals surface area (Å²) in [6, 6.07) is 5.56. The van der Waals surface area contributed by atoms with Crippen LogP contribution in [0.15, 0.2) is 31.9 Å². The van der Waals surface area contributed by atoms with E-state index in [1.165, 1.54) is 23.7 Å². The molecule has 0 spiro atoms. The third-order valence-electron chi connectivity index (χ3n) is 5.25. The van der Waals surface area contributed by atoms with Crippen LogP contribution in [0.1, 0.15) is 37.5 Å². The Bertz CT molecular complexity index is 1160. The maximum absolute atomic E-state index is 13.1. The van der Waals surface area contributed by atoms with E-state index >= 15 is 0 Å². The molecule has 1 saturated heterocycles. The van der Waals surface area contributed by atoms with Gasteiger partial charge in [-0.25, -0.2) is 0 Å². The van der Waals surface area contributed by atoms with Gasteiger partial charge in [-0.1, -0.05) is 0 Å². The van der Waals surface area contributed by atoms with Crippen molar-refractivity contribution in [2.24, 2.45) is 0 Å². The second kappa shape index (κ2) is 9.41. The van der Waals surface area contributed by atoms with Crippen molar-refractivity contribution in [3.8, 4) is 0 Å². The molecule has 0 atom stereocenters. The Hall–Kier alpha value is -0.721. The first-order valence-corrected chi connectivity index (χ1v) is 14.3. The van der Waals surface area contributed by atoms with Crippen molar-refractivity contribution in [2.75, 3.05) is 26.3 Å². The minimum absolute atomic E-state index is 0.0373. The molecule has 0 N–H and O–H groups in total. The number of halogens is 1. The van der Waals surface area contributed by atoms with Gasteiger partial charge in [0.1, 0.15) is 0 Å². The van der Waals surface area contributed by atoms with Crippen LogP contribution in [0.5, 0.6) is 0 Å². The van der Waals surface area contributed by atoms with E-state index in [4.69, 9.17) is 13.5 Å². The van der Waals surface area contributed by atoms with E-state index in [1.807, 2.05) is 12.1 Å². The molecule has 3 heterocycles. The summed E-state index contributed by atoms with van der Waals surface area (Å²) in [6.45, 7) is 7.02. The Labute approximate surface area is 189 Å². The van der Waals surface area contributed by atoms with Crippen molar-refractivity contribution in [1.82, 2.24) is 4.90 Å². The van der Waals surface area contributed by atoms with Gasteiger partial charge in [-0.2, -0.15) is 0 Å². The number of fused-ring (bicyclic) bond motifs is 3. The molecule has 1 fully saturated rings. The van der Waals surface area contributed by atoms with Gasteiger partial charge in [0, 0.05) is 0 Å². The number of hydrogen-bond donors (Lipinski definition) is 0. The molecule has 0 bridgehead atoms. The van der Waals surface area contributed by atoms with Gasteiger partial charge < -0.3 is 0 Å². The van der Waals surface area contributed by atoms with Crippen molar-refractivity contribution in [1.29, 1.82) is 0 Å². The first-order chi connectivity index (χ1) is 14.5. The van der Waals surface area contributed by atoms with Crippen molar-refractivity contribution in [3.05, 3.63) is 37.5 Å². The Morgan fingerprint density at radius 1 is 1.17 bits per heavy atom. The van der Waals surface area contributed by atoms with Crippen LogP contribution in [0.3, 0.4) is 0 Å². The summed E-state index contributed by atoms with van der Waals surface area (Å²) in [7, 11) is -3.71. The molecule has 4 rings (SSSR count). The Kier molecular flexibility index (Phi) is 7.05. The molecule has 1 aliphatic rings. The van der Waals surface area contributed by atoms with E-state index in [0.29, 0.717) is 5.58 Å². The van der Waals surface area contributed by atoms with E-state index < -0.39 is 13.2 Å². The minimum atomic E-state index is -3.71. The molecule has 3 aromatic rings. The molecule has 6 nitrogen and oxygen atoms in total.